The highest BCUT2D eigenvalue weighted by Gasteiger charge is 2.12. The van der Waals surface area contributed by atoms with Crippen molar-refractivity contribution < 1.29 is 9.53 Å². The number of hydrogen-bond acceptors (Lipinski definition) is 3. The summed E-state index contributed by atoms with van der Waals surface area (Å²) < 4.78 is 6.73. The van der Waals surface area contributed by atoms with Crippen LogP contribution in [0.2, 0.25) is 0 Å². The first-order chi connectivity index (χ1) is 4.30. The Labute approximate surface area is 58.5 Å². The van der Waals surface area contributed by atoms with Gasteiger partial charge < -0.3 is 4.74 Å². The summed E-state index contributed by atoms with van der Waals surface area (Å²) in [6.45, 7) is 2.96. The summed E-state index contributed by atoms with van der Waals surface area (Å²) in [6, 6.07) is 0. The molecule has 9 heavy (non-hydrogen) atoms. The van der Waals surface area contributed by atoms with Gasteiger partial charge in [-0.25, -0.2) is 0 Å². The van der Waals surface area contributed by atoms with E-state index in [1.165, 1.54) is 11.9 Å². The van der Waals surface area contributed by atoms with Gasteiger partial charge in [-0.15, -0.1) is 0 Å². The molecule has 0 spiro atoms. The Kier molecular flexibility index (Phi) is 2.36. The van der Waals surface area contributed by atoms with Crippen molar-refractivity contribution in [2.24, 2.45) is 0 Å². The SMILES string of the molecule is CC(=O)N1CCOCS1. The summed E-state index contributed by atoms with van der Waals surface area (Å²) >= 11 is 1.43. The highest BCUT2D eigenvalue weighted by molar-refractivity contribution is 7.97. The van der Waals surface area contributed by atoms with Crippen LogP contribution in [-0.2, 0) is 9.53 Å². The third-order valence-corrected chi connectivity index (χ3v) is 2.11. The Morgan fingerprint density at radius 3 is 2.89 bits per heavy atom. The van der Waals surface area contributed by atoms with E-state index in [2.05, 4.69) is 0 Å². The molecule has 1 aliphatic rings. The van der Waals surface area contributed by atoms with Gasteiger partial charge in [-0.3, -0.25) is 9.10 Å². The van der Waals surface area contributed by atoms with E-state index < -0.39 is 0 Å². The molecule has 0 bridgehead atoms. The Bertz CT molecular complexity index is 112. The molecule has 1 rings (SSSR count). The lowest BCUT2D eigenvalue weighted by Crippen LogP contribution is -2.30. The van der Waals surface area contributed by atoms with Crippen LogP contribution in [0.15, 0.2) is 0 Å². The number of rotatable bonds is 0. The van der Waals surface area contributed by atoms with Crippen LogP contribution in [0.1, 0.15) is 6.92 Å². The second-order valence-electron chi connectivity index (χ2n) is 1.78. The monoisotopic (exact) mass is 147 g/mol. The molecule has 3 nitrogen and oxygen atoms in total. The molecule has 1 amide bonds. The average Bonchev–Trinajstić information content (AvgIpc) is 1.90. The Balaban J connectivity index is 2.31. The zero-order valence-electron chi connectivity index (χ0n) is 5.29. The van der Waals surface area contributed by atoms with Crippen LogP contribution < -0.4 is 0 Å². The minimum atomic E-state index is 0.114. The van der Waals surface area contributed by atoms with E-state index in [4.69, 9.17) is 4.74 Å². The van der Waals surface area contributed by atoms with Gasteiger partial charge in [0, 0.05) is 6.92 Å². The van der Waals surface area contributed by atoms with E-state index in [0.29, 0.717) is 12.5 Å². The molecule has 1 heterocycles. The largest absolute Gasteiger partial charge is 0.367 e. The maximum atomic E-state index is 10.6. The molecule has 0 aromatic heterocycles. The maximum absolute atomic E-state index is 10.6. The molecule has 0 N–H and O–H groups in total. The van der Waals surface area contributed by atoms with E-state index in [9.17, 15) is 4.79 Å². The van der Waals surface area contributed by atoms with E-state index in [1.807, 2.05) is 0 Å². The average molecular weight is 147 g/mol. The minimum absolute atomic E-state index is 0.114. The van der Waals surface area contributed by atoms with Crippen LogP contribution in [0, 0.1) is 0 Å². The number of hydrogen-bond donors (Lipinski definition) is 0. The summed E-state index contributed by atoms with van der Waals surface area (Å²) in [5, 5.41) is 0. The quantitative estimate of drug-likeness (QED) is 0.466. The lowest BCUT2D eigenvalue weighted by Gasteiger charge is -2.23. The summed E-state index contributed by atoms with van der Waals surface area (Å²) in [7, 11) is 0. The Morgan fingerprint density at radius 1 is 1.78 bits per heavy atom. The van der Waals surface area contributed by atoms with Gasteiger partial charge in [-0.2, -0.15) is 0 Å². The number of carbonyl (C=O) groups excluding carboxylic acids is 1. The standard InChI is InChI=1S/C5H9NO2S/c1-5(7)6-2-3-8-4-9-6/h2-4H2,1H3. The molecule has 1 saturated heterocycles. The summed E-state index contributed by atoms with van der Waals surface area (Å²) in [5.74, 6) is 0.725. The number of ether oxygens (including phenoxy) is 1. The Hall–Kier alpha value is -0.220. The van der Waals surface area contributed by atoms with Crippen molar-refractivity contribution in [3.63, 3.8) is 0 Å². The van der Waals surface area contributed by atoms with Crippen molar-refractivity contribution in [3.05, 3.63) is 0 Å². The highest BCUT2D eigenvalue weighted by atomic mass is 32.2. The Morgan fingerprint density at radius 2 is 2.56 bits per heavy atom. The molecule has 0 aliphatic carbocycles. The molecule has 0 unspecified atom stereocenters. The van der Waals surface area contributed by atoms with Gasteiger partial charge in [0.05, 0.1) is 13.2 Å². The molecule has 0 radical (unpaired) electrons. The lowest BCUT2D eigenvalue weighted by molar-refractivity contribution is -0.124. The summed E-state index contributed by atoms with van der Waals surface area (Å²) in [5.41, 5.74) is 0. The van der Waals surface area contributed by atoms with Crippen molar-refractivity contribution in [2.45, 2.75) is 6.92 Å². The van der Waals surface area contributed by atoms with Gasteiger partial charge in [-0.1, -0.05) is 0 Å². The predicted molar refractivity (Wildman–Crippen MR) is 35.8 cm³/mol. The van der Waals surface area contributed by atoms with E-state index in [0.717, 1.165) is 6.54 Å². The van der Waals surface area contributed by atoms with Crippen molar-refractivity contribution in [3.8, 4) is 0 Å². The fourth-order valence-corrected chi connectivity index (χ4v) is 1.33. The minimum Gasteiger partial charge on any atom is -0.367 e. The maximum Gasteiger partial charge on any atom is 0.229 e. The molecule has 1 aliphatic heterocycles. The second-order valence-corrected chi connectivity index (χ2v) is 2.71. The van der Waals surface area contributed by atoms with Crippen LogP contribution in [0.25, 0.3) is 0 Å². The van der Waals surface area contributed by atoms with Crippen LogP contribution in [0.5, 0.6) is 0 Å². The van der Waals surface area contributed by atoms with Crippen molar-refractivity contribution >= 4 is 17.9 Å². The second kappa shape index (κ2) is 3.08. The third kappa shape index (κ3) is 1.87. The van der Waals surface area contributed by atoms with Gasteiger partial charge in [-0.05, 0) is 11.9 Å². The first kappa shape index (κ1) is 6.89. The normalized spacial score (nSPS) is 19.9. The van der Waals surface area contributed by atoms with Gasteiger partial charge in [0.15, 0.2) is 0 Å². The molecular weight excluding hydrogens is 138 g/mol. The first-order valence-electron chi connectivity index (χ1n) is 2.79. The number of carbonyl (C=O) groups is 1. The topological polar surface area (TPSA) is 29.5 Å². The van der Waals surface area contributed by atoms with Crippen molar-refractivity contribution in [1.29, 1.82) is 0 Å². The molecule has 52 valence electrons. The van der Waals surface area contributed by atoms with E-state index >= 15 is 0 Å². The zero-order valence-corrected chi connectivity index (χ0v) is 6.11. The van der Waals surface area contributed by atoms with Crippen LogP contribution in [0.3, 0.4) is 0 Å². The molecular formula is C5H9NO2S. The van der Waals surface area contributed by atoms with Crippen molar-refractivity contribution in [1.82, 2.24) is 4.31 Å². The third-order valence-electron chi connectivity index (χ3n) is 1.08. The van der Waals surface area contributed by atoms with Crippen molar-refractivity contribution in [2.75, 3.05) is 19.1 Å². The highest BCUT2D eigenvalue weighted by Crippen LogP contribution is 2.13. The smallest absolute Gasteiger partial charge is 0.229 e. The van der Waals surface area contributed by atoms with Crippen LogP contribution in [-0.4, -0.2) is 29.3 Å². The molecule has 0 atom stereocenters. The summed E-state index contributed by atoms with van der Waals surface area (Å²) in [4.78, 5) is 10.6. The van der Waals surface area contributed by atoms with Crippen LogP contribution >= 0.6 is 11.9 Å². The number of amides is 1. The molecule has 0 aromatic carbocycles. The molecule has 0 saturated carbocycles. The van der Waals surface area contributed by atoms with Gasteiger partial charge >= 0.3 is 0 Å². The molecule has 4 heteroatoms. The first-order valence-corrected chi connectivity index (χ1v) is 3.74. The van der Waals surface area contributed by atoms with E-state index in [-0.39, 0.29) is 5.91 Å². The molecule has 1 fully saturated rings. The molecule has 0 aromatic rings. The lowest BCUT2D eigenvalue weighted by atomic mass is 10.6. The predicted octanol–water partition coefficient (Wildman–Crippen LogP) is 0.471. The van der Waals surface area contributed by atoms with Gasteiger partial charge in [0.2, 0.25) is 5.91 Å². The summed E-state index contributed by atoms with van der Waals surface area (Å²) in [6.07, 6.45) is 0. The zero-order chi connectivity index (χ0) is 6.69. The van der Waals surface area contributed by atoms with Gasteiger partial charge in [0.25, 0.3) is 0 Å². The van der Waals surface area contributed by atoms with Crippen LogP contribution in [0.4, 0.5) is 0 Å². The number of nitrogens with zero attached hydrogens (tertiary/aromatic N) is 1. The fraction of sp³-hybridized carbons (Fsp3) is 0.800. The fourth-order valence-electron chi connectivity index (χ4n) is 0.620. The van der Waals surface area contributed by atoms with Gasteiger partial charge in [0.1, 0.15) is 5.94 Å². The van der Waals surface area contributed by atoms with E-state index in [1.54, 1.807) is 11.2 Å².